The van der Waals surface area contributed by atoms with Crippen LogP contribution >= 0.6 is 15.9 Å². The molecule has 4 rings (SSSR count). The average molecular weight is 489 g/mol. The van der Waals surface area contributed by atoms with Gasteiger partial charge in [-0.05, 0) is 29.3 Å². The summed E-state index contributed by atoms with van der Waals surface area (Å²) in [5, 5.41) is 0. The minimum atomic E-state index is -1.31. The Kier molecular flexibility index (Phi) is 6.43. The van der Waals surface area contributed by atoms with Crippen molar-refractivity contribution in [3.05, 3.63) is 105 Å². The summed E-state index contributed by atoms with van der Waals surface area (Å²) in [6.45, 7) is 1.84. The lowest BCUT2D eigenvalue weighted by Crippen LogP contribution is -2.50. The first kappa shape index (κ1) is 21.6. The normalized spacial score (nSPS) is 15.7. The largest absolute Gasteiger partial charge is 0.336 e. The summed E-state index contributed by atoms with van der Waals surface area (Å²) >= 11 is 3.47. The molecule has 1 saturated heterocycles. The van der Waals surface area contributed by atoms with E-state index in [0.29, 0.717) is 38.3 Å². The van der Waals surface area contributed by atoms with Crippen molar-refractivity contribution in [3.63, 3.8) is 0 Å². The highest BCUT2D eigenvalue weighted by Crippen LogP contribution is 2.30. The van der Waals surface area contributed by atoms with Gasteiger partial charge in [-0.25, -0.2) is 13.2 Å². The molecule has 7 heteroatoms. The second-order valence-corrected chi connectivity index (χ2v) is 8.35. The Labute approximate surface area is 187 Å². The monoisotopic (exact) mass is 488 g/mol. The summed E-state index contributed by atoms with van der Waals surface area (Å²) in [5.74, 6) is -4.22. The molecule has 1 heterocycles. The quantitative estimate of drug-likeness (QED) is 0.458. The number of hydrogen-bond acceptors (Lipinski definition) is 2. The smallest absolute Gasteiger partial charge is 0.257 e. The Hall–Kier alpha value is -2.64. The zero-order valence-corrected chi connectivity index (χ0v) is 18.2. The van der Waals surface area contributed by atoms with Gasteiger partial charge in [0.1, 0.15) is 5.82 Å². The van der Waals surface area contributed by atoms with Gasteiger partial charge in [-0.1, -0.05) is 58.4 Å². The van der Waals surface area contributed by atoms with E-state index in [4.69, 9.17) is 0 Å². The molecule has 0 aliphatic carbocycles. The van der Waals surface area contributed by atoms with Crippen molar-refractivity contribution in [1.82, 2.24) is 9.80 Å². The van der Waals surface area contributed by atoms with Gasteiger partial charge in [0.15, 0.2) is 11.6 Å². The molecule has 160 valence electrons. The highest BCUT2D eigenvalue weighted by molar-refractivity contribution is 9.10. The van der Waals surface area contributed by atoms with Crippen LogP contribution < -0.4 is 0 Å². The summed E-state index contributed by atoms with van der Waals surface area (Å²) in [6, 6.07) is 19.3. The van der Waals surface area contributed by atoms with Gasteiger partial charge < -0.3 is 4.90 Å². The highest BCUT2D eigenvalue weighted by Gasteiger charge is 2.30. The predicted octanol–water partition coefficient (Wildman–Crippen LogP) is 5.41. The number of benzene rings is 3. The lowest BCUT2D eigenvalue weighted by atomic mass is 9.96. The van der Waals surface area contributed by atoms with Gasteiger partial charge in [0.05, 0.1) is 11.6 Å². The van der Waals surface area contributed by atoms with Gasteiger partial charge in [0.25, 0.3) is 5.91 Å². The number of halogens is 4. The number of amides is 1. The molecule has 1 atom stereocenters. The molecule has 3 aromatic rings. The predicted molar refractivity (Wildman–Crippen MR) is 116 cm³/mol. The Morgan fingerprint density at radius 2 is 1.35 bits per heavy atom. The van der Waals surface area contributed by atoms with Crippen LogP contribution in [0.25, 0.3) is 0 Å². The van der Waals surface area contributed by atoms with Gasteiger partial charge in [0, 0.05) is 36.7 Å². The Bertz CT molecular complexity index is 1070. The van der Waals surface area contributed by atoms with E-state index in [1.54, 1.807) is 0 Å². The Morgan fingerprint density at radius 1 is 0.774 bits per heavy atom. The number of rotatable bonds is 4. The maximum absolute atomic E-state index is 14.0. The van der Waals surface area contributed by atoms with Crippen molar-refractivity contribution < 1.29 is 18.0 Å². The van der Waals surface area contributed by atoms with E-state index in [0.717, 1.165) is 15.6 Å². The van der Waals surface area contributed by atoms with Crippen molar-refractivity contribution in [2.75, 3.05) is 26.2 Å². The molecule has 0 radical (unpaired) electrons. The SMILES string of the molecule is O=C(c1cc(F)c(F)cc1F)N1CCN([C@H](c2ccccc2)c2ccc(Br)cc2)CC1. The fraction of sp³-hybridized carbons (Fsp3) is 0.208. The maximum Gasteiger partial charge on any atom is 0.257 e. The zero-order chi connectivity index (χ0) is 22.0. The lowest BCUT2D eigenvalue weighted by molar-refractivity contribution is 0.0592. The molecule has 3 aromatic carbocycles. The van der Waals surface area contributed by atoms with Crippen molar-refractivity contribution in [1.29, 1.82) is 0 Å². The molecular weight excluding hydrogens is 469 g/mol. The first-order valence-electron chi connectivity index (χ1n) is 9.92. The van der Waals surface area contributed by atoms with Crippen LogP contribution in [0.2, 0.25) is 0 Å². The third-order valence-electron chi connectivity index (χ3n) is 5.51. The number of hydrogen-bond donors (Lipinski definition) is 0. The first-order valence-corrected chi connectivity index (χ1v) is 10.7. The second-order valence-electron chi connectivity index (χ2n) is 7.44. The van der Waals surface area contributed by atoms with Crippen molar-refractivity contribution in [3.8, 4) is 0 Å². The molecule has 1 amide bonds. The van der Waals surface area contributed by atoms with E-state index in [9.17, 15) is 18.0 Å². The number of nitrogens with zero attached hydrogens (tertiary/aromatic N) is 2. The molecule has 0 bridgehead atoms. The van der Waals surface area contributed by atoms with Gasteiger partial charge in [-0.3, -0.25) is 9.69 Å². The van der Waals surface area contributed by atoms with E-state index >= 15 is 0 Å². The molecular formula is C24H20BrF3N2O. The lowest BCUT2D eigenvalue weighted by Gasteiger charge is -2.40. The van der Waals surface area contributed by atoms with Crippen molar-refractivity contribution in [2.24, 2.45) is 0 Å². The second kappa shape index (κ2) is 9.24. The van der Waals surface area contributed by atoms with Crippen LogP contribution in [-0.4, -0.2) is 41.9 Å². The molecule has 0 aromatic heterocycles. The van der Waals surface area contributed by atoms with Crippen LogP contribution in [0.1, 0.15) is 27.5 Å². The van der Waals surface area contributed by atoms with Crippen LogP contribution in [0.15, 0.2) is 71.2 Å². The minimum Gasteiger partial charge on any atom is -0.336 e. The molecule has 0 spiro atoms. The van der Waals surface area contributed by atoms with E-state index in [2.05, 4.69) is 45.1 Å². The molecule has 1 aliphatic rings. The zero-order valence-electron chi connectivity index (χ0n) is 16.6. The number of carbonyl (C=O) groups is 1. The summed E-state index contributed by atoms with van der Waals surface area (Å²) in [6.07, 6.45) is 0. The molecule has 3 nitrogen and oxygen atoms in total. The fourth-order valence-corrected chi connectivity index (χ4v) is 4.20. The maximum atomic E-state index is 14.0. The van der Waals surface area contributed by atoms with Crippen LogP contribution in [-0.2, 0) is 0 Å². The van der Waals surface area contributed by atoms with Crippen molar-refractivity contribution in [2.45, 2.75) is 6.04 Å². The summed E-state index contributed by atoms with van der Waals surface area (Å²) in [5.41, 5.74) is 1.82. The van der Waals surface area contributed by atoms with Gasteiger partial charge in [-0.2, -0.15) is 0 Å². The number of piperazine rings is 1. The van der Waals surface area contributed by atoms with E-state index in [1.807, 2.05) is 30.3 Å². The topological polar surface area (TPSA) is 23.6 Å². The number of carbonyl (C=O) groups excluding carboxylic acids is 1. The summed E-state index contributed by atoms with van der Waals surface area (Å²) in [7, 11) is 0. The van der Waals surface area contributed by atoms with Gasteiger partial charge in [0.2, 0.25) is 0 Å². The standard InChI is InChI=1S/C24H20BrF3N2O/c25-18-8-6-17(7-9-18)23(16-4-2-1-3-5-16)29-10-12-30(13-11-29)24(31)19-14-21(27)22(28)15-20(19)26/h1-9,14-15,23H,10-13H2/t23-/m1/s1. The third kappa shape index (κ3) is 4.67. The van der Waals surface area contributed by atoms with Crippen LogP contribution in [0.4, 0.5) is 13.2 Å². The minimum absolute atomic E-state index is 0.00607. The fourth-order valence-electron chi connectivity index (χ4n) is 3.93. The first-order chi connectivity index (χ1) is 14.9. The summed E-state index contributed by atoms with van der Waals surface area (Å²) < 4.78 is 41.8. The third-order valence-corrected chi connectivity index (χ3v) is 6.04. The highest BCUT2D eigenvalue weighted by atomic mass is 79.9. The molecule has 31 heavy (non-hydrogen) atoms. The van der Waals surface area contributed by atoms with Crippen molar-refractivity contribution >= 4 is 21.8 Å². The Balaban J connectivity index is 1.53. The average Bonchev–Trinajstić information content (AvgIpc) is 2.78. The van der Waals surface area contributed by atoms with Crippen LogP contribution in [0, 0.1) is 17.5 Å². The summed E-state index contributed by atoms with van der Waals surface area (Å²) in [4.78, 5) is 16.5. The van der Waals surface area contributed by atoms with Gasteiger partial charge in [-0.15, -0.1) is 0 Å². The Morgan fingerprint density at radius 3 is 2.00 bits per heavy atom. The molecule has 0 unspecified atom stereocenters. The molecule has 1 fully saturated rings. The molecule has 0 N–H and O–H groups in total. The van der Waals surface area contributed by atoms with Gasteiger partial charge >= 0.3 is 0 Å². The molecule has 1 aliphatic heterocycles. The van der Waals surface area contributed by atoms with E-state index in [-0.39, 0.29) is 6.04 Å². The molecule has 0 saturated carbocycles. The van der Waals surface area contributed by atoms with E-state index in [1.165, 1.54) is 4.90 Å². The van der Waals surface area contributed by atoms with Crippen LogP contribution in [0.3, 0.4) is 0 Å². The van der Waals surface area contributed by atoms with E-state index < -0.39 is 28.9 Å². The van der Waals surface area contributed by atoms with Crippen LogP contribution in [0.5, 0.6) is 0 Å².